The molecule has 0 amide bonds. The highest BCUT2D eigenvalue weighted by Crippen LogP contribution is 2.26. The maximum absolute atomic E-state index is 5.91. The Morgan fingerprint density at radius 1 is 1.39 bits per heavy atom. The SMILES string of the molecule is Cc1nc2ccc(OCC3CCNCC3)cc2s1. The van der Waals surface area contributed by atoms with Crippen LogP contribution in [-0.4, -0.2) is 24.7 Å². The topological polar surface area (TPSA) is 34.1 Å². The van der Waals surface area contributed by atoms with Gasteiger partial charge in [0.2, 0.25) is 0 Å². The maximum Gasteiger partial charge on any atom is 0.120 e. The van der Waals surface area contributed by atoms with Crippen LogP contribution in [0.3, 0.4) is 0 Å². The molecule has 1 aromatic heterocycles. The number of rotatable bonds is 3. The highest BCUT2D eigenvalue weighted by atomic mass is 32.1. The van der Waals surface area contributed by atoms with E-state index >= 15 is 0 Å². The third kappa shape index (κ3) is 2.65. The number of ether oxygens (including phenoxy) is 1. The number of thiazole rings is 1. The highest BCUT2D eigenvalue weighted by Gasteiger charge is 2.13. The van der Waals surface area contributed by atoms with E-state index in [1.165, 1.54) is 17.5 Å². The summed E-state index contributed by atoms with van der Waals surface area (Å²) in [5.41, 5.74) is 1.08. The summed E-state index contributed by atoms with van der Waals surface area (Å²) in [6, 6.07) is 6.19. The van der Waals surface area contributed by atoms with E-state index in [-0.39, 0.29) is 0 Å². The molecule has 0 atom stereocenters. The van der Waals surface area contributed by atoms with Crippen LogP contribution in [0.2, 0.25) is 0 Å². The second kappa shape index (κ2) is 5.24. The Balaban J connectivity index is 1.66. The Kier molecular flexibility index (Phi) is 3.48. The number of nitrogens with zero attached hydrogens (tertiary/aromatic N) is 1. The monoisotopic (exact) mass is 262 g/mol. The first-order chi connectivity index (χ1) is 8.81. The van der Waals surface area contributed by atoms with Gasteiger partial charge in [-0.15, -0.1) is 11.3 Å². The number of aryl methyl sites for hydroxylation is 1. The van der Waals surface area contributed by atoms with Gasteiger partial charge in [0.15, 0.2) is 0 Å². The molecule has 3 rings (SSSR count). The van der Waals surface area contributed by atoms with Crippen LogP contribution in [0.4, 0.5) is 0 Å². The minimum absolute atomic E-state index is 0.699. The van der Waals surface area contributed by atoms with Gasteiger partial charge in [-0.05, 0) is 57.0 Å². The molecule has 1 aliphatic heterocycles. The van der Waals surface area contributed by atoms with E-state index in [9.17, 15) is 0 Å². The van der Waals surface area contributed by atoms with Gasteiger partial charge < -0.3 is 10.1 Å². The zero-order valence-corrected chi connectivity index (χ0v) is 11.4. The Morgan fingerprint density at radius 3 is 3.06 bits per heavy atom. The Labute approximate surface area is 111 Å². The summed E-state index contributed by atoms with van der Waals surface area (Å²) < 4.78 is 7.13. The molecule has 4 heteroatoms. The van der Waals surface area contributed by atoms with Crippen LogP contribution < -0.4 is 10.1 Å². The number of fused-ring (bicyclic) bond motifs is 1. The number of hydrogen-bond acceptors (Lipinski definition) is 4. The van der Waals surface area contributed by atoms with E-state index in [1.54, 1.807) is 11.3 Å². The van der Waals surface area contributed by atoms with Gasteiger partial charge in [0.1, 0.15) is 5.75 Å². The Hall–Kier alpha value is -1.13. The average Bonchev–Trinajstić information content (AvgIpc) is 2.77. The molecule has 96 valence electrons. The van der Waals surface area contributed by atoms with Gasteiger partial charge >= 0.3 is 0 Å². The van der Waals surface area contributed by atoms with Gasteiger partial charge in [0.05, 0.1) is 21.8 Å². The van der Waals surface area contributed by atoms with Crippen LogP contribution in [0.25, 0.3) is 10.2 Å². The molecule has 1 aromatic carbocycles. The third-order valence-electron chi connectivity index (χ3n) is 3.41. The summed E-state index contributed by atoms with van der Waals surface area (Å²) in [5, 5.41) is 4.49. The molecule has 2 aromatic rings. The van der Waals surface area contributed by atoms with Crippen LogP contribution >= 0.6 is 11.3 Å². The van der Waals surface area contributed by atoms with Gasteiger partial charge in [0, 0.05) is 0 Å². The number of piperidine rings is 1. The summed E-state index contributed by atoms with van der Waals surface area (Å²) in [5.74, 6) is 1.68. The summed E-state index contributed by atoms with van der Waals surface area (Å²) in [4.78, 5) is 4.46. The molecule has 3 nitrogen and oxygen atoms in total. The van der Waals surface area contributed by atoms with Crippen molar-refractivity contribution in [2.24, 2.45) is 5.92 Å². The van der Waals surface area contributed by atoms with Crippen LogP contribution in [0.15, 0.2) is 18.2 Å². The molecule has 1 saturated heterocycles. The minimum atomic E-state index is 0.699. The fraction of sp³-hybridized carbons (Fsp3) is 0.500. The fourth-order valence-corrected chi connectivity index (χ4v) is 3.23. The molecule has 0 unspecified atom stereocenters. The lowest BCUT2D eigenvalue weighted by Crippen LogP contribution is -2.30. The van der Waals surface area contributed by atoms with Gasteiger partial charge in [-0.3, -0.25) is 0 Å². The van der Waals surface area contributed by atoms with E-state index in [1.807, 2.05) is 13.0 Å². The first kappa shape index (κ1) is 11.9. The highest BCUT2D eigenvalue weighted by molar-refractivity contribution is 7.18. The molecular formula is C14H18N2OS. The summed E-state index contributed by atoms with van der Waals surface area (Å²) >= 11 is 1.73. The van der Waals surface area contributed by atoms with Crippen molar-refractivity contribution in [3.63, 3.8) is 0 Å². The third-order valence-corrected chi connectivity index (χ3v) is 4.34. The Bertz CT molecular complexity index is 532. The van der Waals surface area contributed by atoms with Crippen molar-refractivity contribution in [1.29, 1.82) is 0 Å². The first-order valence-electron chi connectivity index (χ1n) is 6.52. The predicted molar refractivity (Wildman–Crippen MR) is 75.4 cm³/mol. The molecule has 18 heavy (non-hydrogen) atoms. The largest absolute Gasteiger partial charge is 0.493 e. The van der Waals surface area contributed by atoms with Crippen molar-refractivity contribution in [2.45, 2.75) is 19.8 Å². The van der Waals surface area contributed by atoms with E-state index < -0.39 is 0 Å². The Morgan fingerprint density at radius 2 is 2.22 bits per heavy atom. The van der Waals surface area contributed by atoms with Gasteiger partial charge in [0.25, 0.3) is 0 Å². The molecule has 1 N–H and O–H groups in total. The number of benzene rings is 1. The van der Waals surface area contributed by atoms with Gasteiger partial charge in [-0.1, -0.05) is 0 Å². The predicted octanol–water partition coefficient (Wildman–Crippen LogP) is 2.98. The van der Waals surface area contributed by atoms with Gasteiger partial charge in [-0.2, -0.15) is 0 Å². The van der Waals surface area contributed by atoms with Crippen LogP contribution in [0.1, 0.15) is 17.8 Å². The number of nitrogens with one attached hydrogen (secondary N) is 1. The molecule has 0 spiro atoms. The minimum Gasteiger partial charge on any atom is -0.493 e. The molecule has 1 fully saturated rings. The standard InChI is InChI=1S/C14H18N2OS/c1-10-16-13-3-2-12(8-14(13)18-10)17-9-11-4-6-15-7-5-11/h2-3,8,11,15H,4-7,9H2,1H3. The zero-order valence-electron chi connectivity index (χ0n) is 10.6. The lowest BCUT2D eigenvalue weighted by Gasteiger charge is -2.22. The van der Waals surface area contributed by atoms with Crippen LogP contribution in [0, 0.1) is 12.8 Å². The van der Waals surface area contributed by atoms with E-state index in [0.29, 0.717) is 5.92 Å². The lowest BCUT2D eigenvalue weighted by atomic mass is 9.99. The van der Waals surface area contributed by atoms with Crippen LogP contribution in [0.5, 0.6) is 5.75 Å². The molecule has 0 bridgehead atoms. The lowest BCUT2D eigenvalue weighted by molar-refractivity contribution is 0.215. The second-order valence-electron chi connectivity index (χ2n) is 4.87. The molecule has 0 aliphatic carbocycles. The number of hydrogen-bond donors (Lipinski definition) is 1. The summed E-state index contributed by atoms with van der Waals surface area (Å²) in [6.45, 7) is 5.13. The molecule has 0 saturated carbocycles. The fourth-order valence-electron chi connectivity index (χ4n) is 2.37. The van der Waals surface area contributed by atoms with E-state index in [4.69, 9.17) is 4.74 Å². The molecular weight excluding hydrogens is 244 g/mol. The van der Waals surface area contributed by atoms with Crippen molar-refractivity contribution in [1.82, 2.24) is 10.3 Å². The van der Waals surface area contributed by atoms with Crippen molar-refractivity contribution in [3.05, 3.63) is 23.2 Å². The molecule has 2 heterocycles. The average molecular weight is 262 g/mol. The number of aromatic nitrogens is 1. The van der Waals surface area contributed by atoms with Crippen LogP contribution in [-0.2, 0) is 0 Å². The zero-order chi connectivity index (χ0) is 12.4. The van der Waals surface area contributed by atoms with Gasteiger partial charge in [-0.25, -0.2) is 4.98 Å². The van der Waals surface area contributed by atoms with E-state index in [2.05, 4.69) is 22.4 Å². The quantitative estimate of drug-likeness (QED) is 0.923. The maximum atomic E-state index is 5.91. The van der Waals surface area contributed by atoms with Crippen molar-refractivity contribution < 1.29 is 4.74 Å². The summed E-state index contributed by atoms with van der Waals surface area (Å²) in [6.07, 6.45) is 2.45. The summed E-state index contributed by atoms with van der Waals surface area (Å²) in [7, 11) is 0. The normalized spacial score (nSPS) is 17.2. The van der Waals surface area contributed by atoms with Crippen molar-refractivity contribution in [3.8, 4) is 5.75 Å². The molecule has 1 aliphatic rings. The van der Waals surface area contributed by atoms with Crippen molar-refractivity contribution >= 4 is 21.6 Å². The molecule has 0 radical (unpaired) electrons. The smallest absolute Gasteiger partial charge is 0.120 e. The van der Waals surface area contributed by atoms with Crippen molar-refractivity contribution in [2.75, 3.05) is 19.7 Å². The first-order valence-corrected chi connectivity index (χ1v) is 7.33. The second-order valence-corrected chi connectivity index (χ2v) is 6.10. The van der Waals surface area contributed by atoms with E-state index in [0.717, 1.165) is 36.0 Å².